The largest absolute Gasteiger partial charge is 0.490 e. The molecule has 6 heteroatoms. The molecule has 0 aliphatic heterocycles. The maximum atomic E-state index is 14.8. The van der Waals surface area contributed by atoms with Gasteiger partial charge >= 0.3 is 0 Å². The van der Waals surface area contributed by atoms with E-state index in [9.17, 15) is 22.7 Å². The predicted octanol–water partition coefficient (Wildman–Crippen LogP) is 8.76. The first-order chi connectivity index (χ1) is 18.3. The smallest absolute Gasteiger partial charge is 0.201 e. The van der Waals surface area contributed by atoms with Crippen LogP contribution in [-0.4, -0.2) is 11.7 Å². The third-order valence-electron chi connectivity index (χ3n) is 6.12. The van der Waals surface area contributed by atoms with E-state index in [-0.39, 0.29) is 29.0 Å². The minimum absolute atomic E-state index is 0.0658. The van der Waals surface area contributed by atoms with Crippen molar-refractivity contribution in [3.63, 3.8) is 0 Å². The van der Waals surface area contributed by atoms with Gasteiger partial charge in [0.15, 0.2) is 23.2 Å². The molecule has 0 aliphatic rings. The average Bonchev–Trinajstić information content (AvgIpc) is 2.92. The summed E-state index contributed by atoms with van der Waals surface area (Å²) in [6, 6.07) is 19.0. The van der Waals surface area contributed by atoms with Crippen molar-refractivity contribution in [2.75, 3.05) is 6.61 Å². The van der Waals surface area contributed by atoms with Gasteiger partial charge in [0, 0.05) is 16.7 Å². The summed E-state index contributed by atoms with van der Waals surface area (Å²) < 4.78 is 63.9. The number of halogens is 4. The Hall–Kier alpha value is -4.16. The molecule has 0 saturated heterocycles. The summed E-state index contributed by atoms with van der Waals surface area (Å²) in [5.74, 6) is -4.19. The predicted molar refractivity (Wildman–Crippen MR) is 143 cm³/mol. The van der Waals surface area contributed by atoms with Crippen molar-refractivity contribution >= 4 is 12.2 Å². The van der Waals surface area contributed by atoms with E-state index in [2.05, 4.69) is 6.58 Å². The zero-order valence-electron chi connectivity index (χ0n) is 20.7. The van der Waals surface area contributed by atoms with E-state index < -0.39 is 29.4 Å². The van der Waals surface area contributed by atoms with Gasteiger partial charge in [-0.25, -0.2) is 13.2 Å². The molecule has 0 fully saturated rings. The number of aliphatic hydroxyl groups excluding tert-OH is 1. The van der Waals surface area contributed by atoms with Crippen molar-refractivity contribution in [3.8, 4) is 28.0 Å². The van der Waals surface area contributed by atoms with Crippen LogP contribution in [0.5, 0.6) is 5.75 Å². The molecular weight excluding hydrogens is 492 g/mol. The SMILES string of the molecule is C=CCCOc1ccc(-c2ccc(/C=C/c3ccc(-c4ccc(C(C)O)cc4)c(F)c3F)cc2)c(F)c1F. The van der Waals surface area contributed by atoms with Crippen molar-refractivity contribution in [2.24, 2.45) is 0 Å². The van der Waals surface area contributed by atoms with Crippen molar-refractivity contribution in [1.29, 1.82) is 0 Å². The molecule has 4 rings (SSSR count). The second-order valence-electron chi connectivity index (χ2n) is 8.75. The monoisotopic (exact) mass is 518 g/mol. The molecular formula is C32H26F4O2. The Bertz CT molecular complexity index is 1460. The van der Waals surface area contributed by atoms with Crippen LogP contribution in [0.2, 0.25) is 0 Å². The summed E-state index contributed by atoms with van der Waals surface area (Å²) in [5.41, 5.74) is 2.56. The average molecular weight is 519 g/mol. The molecule has 0 heterocycles. The second-order valence-corrected chi connectivity index (χ2v) is 8.75. The summed E-state index contributed by atoms with van der Waals surface area (Å²) in [6.45, 7) is 5.38. The van der Waals surface area contributed by atoms with Gasteiger partial charge < -0.3 is 9.84 Å². The minimum Gasteiger partial charge on any atom is -0.490 e. The third kappa shape index (κ3) is 5.87. The molecule has 0 bridgehead atoms. The van der Waals surface area contributed by atoms with Gasteiger partial charge in [0.1, 0.15) is 0 Å². The molecule has 38 heavy (non-hydrogen) atoms. The van der Waals surface area contributed by atoms with Gasteiger partial charge in [-0.3, -0.25) is 0 Å². The van der Waals surface area contributed by atoms with E-state index >= 15 is 0 Å². The molecule has 0 aromatic heterocycles. The van der Waals surface area contributed by atoms with Crippen LogP contribution in [0.1, 0.15) is 36.1 Å². The third-order valence-corrected chi connectivity index (χ3v) is 6.12. The highest BCUT2D eigenvalue weighted by Gasteiger charge is 2.16. The number of rotatable bonds is 9. The lowest BCUT2D eigenvalue weighted by molar-refractivity contribution is 0.199. The summed E-state index contributed by atoms with van der Waals surface area (Å²) in [5, 5.41) is 9.63. The quantitative estimate of drug-likeness (QED) is 0.104. The first kappa shape index (κ1) is 26.9. The molecule has 1 atom stereocenters. The van der Waals surface area contributed by atoms with Crippen LogP contribution in [0.4, 0.5) is 17.6 Å². The molecule has 1 N–H and O–H groups in total. The maximum absolute atomic E-state index is 14.8. The zero-order chi connectivity index (χ0) is 27.2. The van der Waals surface area contributed by atoms with Crippen molar-refractivity contribution in [1.82, 2.24) is 0 Å². The molecule has 4 aromatic carbocycles. The number of aliphatic hydroxyl groups is 1. The summed E-state index contributed by atoms with van der Waals surface area (Å²) in [6.07, 6.45) is 4.53. The summed E-state index contributed by atoms with van der Waals surface area (Å²) in [4.78, 5) is 0. The minimum atomic E-state index is -1.06. The van der Waals surface area contributed by atoms with Crippen molar-refractivity contribution < 1.29 is 27.4 Å². The van der Waals surface area contributed by atoms with E-state index in [1.807, 2.05) is 0 Å². The van der Waals surface area contributed by atoms with Crippen LogP contribution >= 0.6 is 0 Å². The molecule has 1 unspecified atom stereocenters. The number of hydrogen-bond donors (Lipinski definition) is 1. The fourth-order valence-corrected chi connectivity index (χ4v) is 3.94. The number of hydrogen-bond acceptors (Lipinski definition) is 2. The van der Waals surface area contributed by atoms with Gasteiger partial charge in [0.05, 0.1) is 12.7 Å². The Morgan fingerprint density at radius 3 is 1.92 bits per heavy atom. The molecule has 0 spiro atoms. The van der Waals surface area contributed by atoms with E-state index in [1.54, 1.807) is 67.6 Å². The maximum Gasteiger partial charge on any atom is 0.201 e. The molecule has 4 aromatic rings. The van der Waals surface area contributed by atoms with Crippen LogP contribution in [0.3, 0.4) is 0 Å². The number of benzene rings is 4. The second kappa shape index (κ2) is 11.9. The molecule has 0 saturated carbocycles. The van der Waals surface area contributed by atoms with E-state index in [0.29, 0.717) is 28.7 Å². The highest BCUT2D eigenvalue weighted by molar-refractivity contribution is 5.74. The van der Waals surface area contributed by atoms with Gasteiger partial charge in [0.25, 0.3) is 0 Å². The van der Waals surface area contributed by atoms with Crippen molar-refractivity contribution in [2.45, 2.75) is 19.4 Å². The van der Waals surface area contributed by atoms with Crippen LogP contribution in [-0.2, 0) is 0 Å². The highest BCUT2D eigenvalue weighted by atomic mass is 19.2. The van der Waals surface area contributed by atoms with Crippen LogP contribution in [0.15, 0.2) is 85.5 Å². The normalized spacial score (nSPS) is 12.1. The first-order valence-corrected chi connectivity index (χ1v) is 12.1. The fraction of sp³-hybridized carbons (Fsp3) is 0.125. The van der Waals surface area contributed by atoms with Gasteiger partial charge in [-0.05, 0) is 47.7 Å². The van der Waals surface area contributed by atoms with E-state index in [4.69, 9.17) is 4.74 Å². The highest BCUT2D eigenvalue weighted by Crippen LogP contribution is 2.31. The van der Waals surface area contributed by atoms with Gasteiger partial charge in [-0.15, -0.1) is 6.58 Å². The lowest BCUT2D eigenvalue weighted by Crippen LogP contribution is -2.00. The Labute approximate surface area is 219 Å². The Morgan fingerprint density at radius 2 is 1.32 bits per heavy atom. The van der Waals surface area contributed by atoms with Gasteiger partial charge in [0.2, 0.25) is 5.82 Å². The molecule has 0 radical (unpaired) electrons. The Kier molecular flexibility index (Phi) is 8.44. The van der Waals surface area contributed by atoms with E-state index in [1.165, 1.54) is 30.3 Å². The number of ether oxygens (including phenoxy) is 1. The zero-order valence-corrected chi connectivity index (χ0v) is 20.7. The molecule has 0 amide bonds. The lowest BCUT2D eigenvalue weighted by atomic mass is 9.99. The van der Waals surface area contributed by atoms with Gasteiger partial charge in [-0.2, -0.15) is 4.39 Å². The Balaban J connectivity index is 1.51. The molecule has 2 nitrogen and oxygen atoms in total. The van der Waals surface area contributed by atoms with Crippen LogP contribution in [0.25, 0.3) is 34.4 Å². The standard InChI is InChI=1S/C32H26F4O2/c1-3-4-19-38-28-18-17-27(31(35)32(28)36)23-8-5-21(6-9-23)7-10-25-15-16-26(30(34)29(25)33)24-13-11-22(12-14-24)20(2)37/h3,5-18,20,37H,1,4,19H2,2H3/b10-7+. The topological polar surface area (TPSA) is 29.5 Å². The van der Waals surface area contributed by atoms with E-state index in [0.717, 1.165) is 0 Å². The summed E-state index contributed by atoms with van der Waals surface area (Å²) in [7, 11) is 0. The fourth-order valence-electron chi connectivity index (χ4n) is 3.94. The van der Waals surface area contributed by atoms with Crippen LogP contribution in [0, 0.1) is 23.3 Å². The van der Waals surface area contributed by atoms with Crippen LogP contribution < -0.4 is 4.74 Å². The lowest BCUT2D eigenvalue weighted by Gasteiger charge is -2.10. The molecule has 0 aliphatic carbocycles. The van der Waals surface area contributed by atoms with Crippen molar-refractivity contribution in [3.05, 3.63) is 125 Å². The first-order valence-electron chi connectivity index (χ1n) is 12.1. The molecule has 194 valence electrons. The van der Waals surface area contributed by atoms with Gasteiger partial charge in [-0.1, -0.05) is 78.9 Å². The summed E-state index contributed by atoms with van der Waals surface area (Å²) >= 11 is 0. The Morgan fingerprint density at radius 1 is 0.737 bits per heavy atom.